The van der Waals surface area contributed by atoms with Crippen LogP contribution in [0.4, 0.5) is 4.39 Å². The molecular formula is C15H18FN3O2. The van der Waals surface area contributed by atoms with Crippen LogP contribution in [-0.4, -0.2) is 45.5 Å². The second-order valence-electron chi connectivity index (χ2n) is 5.51. The van der Waals surface area contributed by atoms with E-state index in [0.29, 0.717) is 18.7 Å². The summed E-state index contributed by atoms with van der Waals surface area (Å²) in [4.78, 5) is 2.15. The van der Waals surface area contributed by atoms with Gasteiger partial charge in [0.15, 0.2) is 0 Å². The zero-order valence-corrected chi connectivity index (χ0v) is 11.6. The van der Waals surface area contributed by atoms with Gasteiger partial charge < -0.3 is 9.84 Å². The van der Waals surface area contributed by atoms with Crippen LogP contribution in [0.2, 0.25) is 0 Å². The Labute approximate surface area is 122 Å². The molecular weight excluding hydrogens is 273 g/mol. The van der Waals surface area contributed by atoms with E-state index in [2.05, 4.69) is 15.1 Å². The van der Waals surface area contributed by atoms with E-state index < -0.39 is 5.60 Å². The van der Waals surface area contributed by atoms with Crippen molar-refractivity contribution in [2.75, 3.05) is 19.7 Å². The van der Waals surface area contributed by atoms with Crippen LogP contribution in [0.1, 0.15) is 12.1 Å². The monoisotopic (exact) mass is 291 g/mol. The Balaban J connectivity index is 1.52. The van der Waals surface area contributed by atoms with Gasteiger partial charge in [0.1, 0.15) is 23.8 Å². The number of nitrogens with zero attached hydrogens (tertiary/aromatic N) is 2. The van der Waals surface area contributed by atoms with Crippen molar-refractivity contribution in [2.24, 2.45) is 0 Å². The van der Waals surface area contributed by atoms with Crippen molar-refractivity contribution in [2.45, 2.75) is 18.6 Å². The molecule has 1 saturated heterocycles. The summed E-state index contributed by atoms with van der Waals surface area (Å²) in [5.41, 5.74) is 0.160. The van der Waals surface area contributed by atoms with E-state index in [-0.39, 0.29) is 12.4 Å². The summed E-state index contributed by atoms with van der Waals surface area (Å²) in [7, 11) is 0. The maximum Gasteiger partial charge on any atom is 0.123 e. The first-order valence-corrected chi connectivity index (χ1v) is 6.94. The van der Waals surface area contributed by atoms with Gasteiger partial charge in [-0.2, -0.15) is 5.10 Å². The Morgan fingerprint density at radius 1 is 1.33 bits per heavy atom. The molecule has 2 heterocycles. The quantitative estimate of drug-likeness (QED) is 0.878. The number of nitrogens with one attached hydrogen (secondary N) is 1. The van der Waals surface area contributed by atoms with Gasteiger partial charge in [-0.25, -0.2) is 4.39 Å². The van der Waals surface area contributed by atoms with Gasteiger partial charge in [-0.3, -0.25) is 10.00 Å². The summed E-state index contributed by atoms with van der Waals surface area (Å²) in [6.07, 6.45) is 2.37. The smallest absolute Gasteiger partial charge is 0.123 e. The molecule has 1 aromatic carbocycles. The number of H-pyrrole nitrogens is 1. The van der Waals surface area contributed by atoms with Crippen LogP contribution in [-0.2, 0) is 6.54 Å². The number of aliphatic hydroxyl groups is 1. The third-order valence-electron chi connectivity index (χ3n) is 3.68. The molecule has 21 heavy (non-hydrogen) atoms. The lowest BCUT2D eigenvalue weighted by molar-refractivity contribution is 0.00329. The van der Waals surface area contributed by atoms with Crippen molar-refractivity contribution >= 4 is 0 Å². The molecule has 3 rings (SSSR count). The Hall–Kier alpha value is -1.92. The van der Waals surface area contributed by atoms with E-state index in [0.717, 1.165) is 18.8 Å². The number of halogens is 1. The first kappa shape index (κ1) is 14.0. The fraction of sp³-hybridized carbons (Fsp3) is 0.400. The highest BCUT2D eigenvalue weighted by Crippen LogP contribution is 2.24. The lowest BCUT2D eigenvalue weighted by Crippen LogP contribution is -2.39. The fourth-order valence-corrected chi connectivity index (χ4v) is 2.56. The molecule has 0 bridgehead atoms. The van der Waals surface area contributed by atoms with Gasteiger partial charge in [0, 0.05) is 31.5 Å². The number of β-amino-alcohol motifs (C(OH)–C–C–N with tert-alkyl or cyclic N) is 1. The maximum atomic E-state index is 12.8. The van der Waals surface area contributed by atoms with Crippen molar-refractivity contribution in [1.29, 1.82) is 0 Å². The Morgan fingerprint density at radius 3 is 2.86 bits per heavy atom. The number of likely N-dealkylation sites (tertiary alicyclic amines) is 1. The number of aromatic nitrogens is 2. The number of hydrogen-bond acceptors (Lipinski definition) is 4. The Kier molecular flexibility index (Phi) is 3.90. The average Bonchev–Trinajstić information content (AvgIpc) is 3.10. The fourth-order valence-electron chi connectivity index (χ4n) is 2.56. The van der Waals surface area contributed by atoms with E-state index in [1.807, 2.05) is 6.07 Å². The van der Waals surface area contributed by atoms with Crippen molar-refractivity contribution in [3.8, 4) is 5.75 Å². The van der Waals surface area contributed by atoms with Crippen LogP contribution in [0.5, 0.6) is 5.75 Å². The van der Waals surface area contributed by atoms with Gasteiger partial charge in [-0.15, -0.1) is 0 Å². The van der Waals surface area contributed by atoms with Crippen LogP contribution in [0.15, 0.2) is 36.5 Å². The van der Waals surface area contributed by atoms with Crippen LogP contribution in [0, 0.1) is 5.82 Å². The summed E-state index contributed by atoms with van der Waals surface area (Å²) in [6.45, 7) is 2.30. The van der Waals surface area contributed by atoms with E-state index >= 15 is 0 Å². The molecule has 1 aromatic heterocycles. The Morgan fingerprint density at radius 2 is 2.14 bits per heavy atom. The standard InChI is InChI=1S/C15H18FN3O2/c16-12-1-3-14(4-2-12)21-11-15(20)6-8-19(10-15)9-13-5-7-17-18-13/h1-5,7,20H,6,8-11H2,(H,17,18). The molecule has 1 aliphatic heterocycles. The minimum Gasteiger partial charge on any atom is -0.491 e. The summed E-state index contributed by atoms with van der Waals surface area (Å²) in [5, 5.41) is 17.4. The predicted octanol–water partition coefficient (Wildman–Crippen LogP) is 1.56. The summed E-state index contributed by atoms with van der Waals surface area (Å²) >= 11 is 0. The van der Waals surface area contributed by atoms with Crippen molar-refractivity contribution in [3.05, 3.63) is 48.0 Å². The summed E-state index contributed by atoms with van der Waals surface area (Å²) in [6, 6.07) is 7.75. The first-order chi connectivity index (χ1) is 10.1. The highest BCUT2D eigenvalue weighted by atomic mass is 19.1. The van der Waals surface area contributed by atoms with Gasteiger partial charge in [-0.1, -0.05) is 0 Å². The SMILES string of the molecule is OC1(COc2ccc(F)cc2)CCN(Cc2ccn[nH]2)C1. The number of benzene rings is 1. The maximum absolute atomic E-state index is 12.8. The van der Waals surface area contributed by atoms with Crippen LogP contribution < -0.4 is 4.74 Å². The number of hydrogen-bond donors (Lipinski definition) is 2. The zero-order valence-electron chi connectivity index (χ0n) is 11.6. The Bertz CT molecular complexity index is 573. The lowest BCUT2D eigenvalue weighted by Gasteiger charge is -2.23. The molecule has 0 aliphatic carbocycles. The van der Waals surface area contributed by atoms with E-state index in [4.69, 9.17) is 4.74 Å². The van der Waals surface area contributed by atoms with Crippen molar-refractivity contribution in [3.63, 3.8) is 0 Å². The largest absolute Gasteiger partial charge is 0.491 e. The number of aromatic amines is 1. The molecule has 0 amide bonds. The highest BCUT2D eigenvalue weighted by Gasteiger charge is 2.36. The minimum atomic E-state index is -0.867. The number of rotatable bonds is 5. The van der Waals surface area contributed by atoms with Crippen LogP contribution in [0.25, 0.3) is 0 Å². The van der Waals surface area contributed by atoms with Gasteiger partial charge in [0.05, 0.1) is 0 Å². The molecule has 0 saturated carbocycles. The molecule has 5 nitrogen and oxygen atoms in total. The lowest BCUT2D eigenvalue weighted by atomic mass is 10.1. The average molecular weight is 291 g/mol. The highest BCUT2D eigenvalue weighted by molar-refractivity contribution is 5.22. The van der Waals surface area contributed by atoms with E-state index in [1.54, 1.807) is 18.3 Å². The van der Waals surface area contributed by atoms with Crippen molar-refractivity contribution < 1.29 is 14.2 Å². The number of ether oxygens (including phenoxy) is 1. The van der Waals surface area contributed by atoms with Crippen molar-refractivity contribution in [1.82, 2.24) is 15.1 Å². The molecule has 1 atom stereocenters. The predicted molar refractivity (Wildman–Crippen MR) is 75.3 cm³/mol. The first-order valence-electron chi connectivity index (χ1n) is 6.94. The van der Waals surface area contributed by atoms with Crippen LogP contribution >= 0.6 is 0 Å². The van der Waals surface area contributed by atoms with Gasteiger partial charge in [-0.05, 0) is 36.8 Å². The van der Waals surface area contributed by atoms with Gasteiger partial charge in [0.2, 0.25) is 0 Å². The van der Waals surface area contributed by atoms with E-state index in [1.165, 1.54) is 12.1 Å². The molecule has 1 fully saturated rings. The zero-order chi connectivity index (χ0) is 14.7. The van der Waals surface area contributed by atoms with Gasteiger partial charge >= 0.3 is 0 Å². The van der Waals surface area contributed by atoms with Crippen LogP contribution in [0.3, 0.4) is 0 Å². The molecule has 1 unspecified atom stereocenters. The third kappa shape index (κ3) is 3.59. The third-order valence-corrected chi connectivity index (χ3v) is 3.68. The van der Waals surface area contributed by atoms with E-state index in [9.17, 15) is 9.50 Å². The second-order valence-corrected chi connectivity index (χ2v) is 5.51. The topological polar surface area (TPSA) is 61.4 Å². The molecule has 0 radical (unpaired) electrons. The summed E-state index contributed by atoms with van der Waals surface area (Å²) in [5.74, 6) is 0.268. The molecule has 6 heteroatoms. The normalized spacial score (nSPS) is 22.6. The molecule has 112 valence electrons. The van der Waals surface area contributed by atoms with Gasteiger partial charge in [0.25, 0.3) is 0 Å². The molecule has 0 spiro atoms. The molecule has 1 aliphatic rings. The minimum absolute atomic E-state index is 0.206. The summed E-state index contributed by atoms with van der Waals surface area (Å²) < 4.78 is 18.4. The second kappa shape index (κ2) is 5.83. The molecule has 2 aromatic rings. The molecule has 2 N–H and O–H groups in total.